The van der Waals surface area contributed by atoms with Crippen LogP contribution in [0.25, 0.3) is 6.08 Å². The van der Waals surface area contributed by atoms with Crippen molar-refractivity contribution >= 4 is 23.5 Å². The van der Waals surface area contributed by atoms with E-state index in [4.69, 9.17) is 30.5 Å². The van der Waals surface area contributed by atoms with Crippen LogP contribution in [-0.2, 0) is 13.1 Å². The maximum absolute atomic E-state index is 14.3. The molecule has 34 heavy (non-hydrogen) atoms. The number of nitrogens with zero attached hydrogens (tertiary/aromatic N) is 1. The molecule has 0 saturated carbocycles. The molecule has 6 nitrogen and oxygen atoms in total. The number of ketones is 1. The van der Waals surface area contributed by atoms with Gasteiger partial charge in [-0.15, -0.1) is 0 Å². The summed E-state index contributed by atoms with van der Waals surface area (Å²) >= 11 is 6.12. The lowest BCUT2D eigenvalue weighted by atomic mass is 10.0. The van der Waals surface area contributed by atoms with Gasteiger partial charge >= 0.3 is 0 Å². The summed E-state index contributed by atoms with van der Waals surface area (Å²) in [7, 11) is 3.19. The van der Waals surface area contributed by atoms with E-state index in [9.17, 15) is 9.18 Å². The van der Waals surface area contributed by atoms with Crippen molar-refractivity contribution in [2.45, 2.75) is 13.1 Å². The minimum atomic E-state index is -0.529. The van der Waals surface area contributed by atoms with Crippen molar-refractivity contribution in [2.75, 3.05) is 21.0 Å². The Labute approximate surface area is 201 Å². The molecular weight excluding hydrogens is 461 g/mol. The molecule has 5 rings (SSSR count). The molecule has 0 atom stereocenters. The van der Waals surface area contributed by atoms with Gasteiger partial charge in [0.2, 0.25) is 5.78 Å². The van der Waals surface area contributed by atoms with Gasteiger partial charge in [0.05, 0.1) is 30.4 Å². The molecule has 2 aliphatic rings. The first-order valence-corrected chi connectivity index (χ1v) is 11.0. The minimum Gasteiger partial charge on any atom is -0.493 e. The van der Waals surface area contributed by atoms with Crippen molar-refractivity contribution in [1.29, 1.82) is 0 Å². The van der Waals surface area contributed by atoms with Gasteiger partial charge in [0.1, 0.15) is 24.0 Å². The normalized spacial score (nSPS) is 16.0. The van der Waals surface area contributed by atoms with Crippen LogP contribution in [0, 0.1) is 5.82 Å². The van der Waals surface area contributed by atoms with Crippen molar-refractivity contribution in [3.8, 4) is 23.0 Å². The van der Waals surface area contributed by atoms with E-state index >= 15 is 0 Å². The van der Waals surface area contributed by atoms with Crippen molar-refractivity contribution in [1.82, 2.24) is 4.90 Å². The second kappa shape index (κ2) is 9.00. The highest BCUT2D eigenvalue weighted by molar-refractivity contribution is 6.32. The third-order valence-electron chi connectivity index (χ3n) is 5.81. The maximum atomic E-state index is 14.3. The molecule has 3 aromatic rings. The first-order chi connectivity index (χ1) is 16.5. The molecule has 0 saturated heterocycles. The molecule has 0 amide bonds. The molecule has 174 valence electrons. The Kier molecular flexibility index (Phi) is 5.89. The fourth-order valence-electron chi connectivity index (χ4n) is 4.12. The van der Waals surface area contributed by atoms with Gasteiger partial charge in [0.15, 0.2) is 17.3 Å². The lowest BCUT2D eigenvalue weighted by Gasteiger charge is -2.29. The van der Waals surface area contributed by atoms with Gasteiger partial charge in [-0.25, -0.2) is 4.39 Å². The van der Waals surface area contributed by atoms with E-state index in [-0.39, 0.29) is 22.1 Å². The van der Waals surface area contributed by atoms with Gasteiger partial charge in [-0.3, -0.25) is 9.69 Å². The molecule has 0 spiro atoms. The smallest absolute Gasteiger partial charge is 0.231 e. The standard InChI is InChI=1S/C26H21ClFNO5/c1-31-22-8-6-15(10-23(22)32-2)12-29-13-18-21(33-14-29)9-7-16-25(30)24(34-26(16)18)11-17-19(27)4-3-5-20(17)28/h3-11H,12-14H2,1-2H3/b24-11-. The largest absolute Gasteiger partial charge is 0.493 e. The summed E-state index contributed by atoms with van der Waals surface area (Å²) < 4.78 is 36.8. The molecule has 0 aliphatic carbocycles. The third-order valence-corrected chi connectivity index (χ3v) is 6.14. The van der Waals surface area contributed by atoms with Crippen molar-refractivity contribution < 1.29 is 28.1 Å². The summed E-state index contributed by atoms with van der Waals surface area (Å²) in [6.45, 7) is 1.47. The van der Waals surface area contributed by atoms with Crippen molar-refractivity contribution in [3.05, 3.63) is 87.4 Å². The number of hydrogen-bond donors (Lipinski definition) is 0. The molecule has 8 heteroatoms. The number of carbonyl (C=O) groups excluding carboxylic acids is 1. The predicted octanol–water partition coefficient (Wildman–Crippen LogP) is 5.46. The van der Waals surface area contributed by atoms with Gasteiger partial charge in [-0.1, -0.05) is 23.7 Å². The lowest BCUT2D eigenvalue weighted by Crippen LogP contribution is -2.31. The highest BCUT2D eigenvalue weighted by Gasteiger charge is 2.34. The molecule has 2 heterocycles. The summed E-state index contributed by atoms with van der Waals surface area (Å²) in [6, 6.07) is 13.5. The Balaban J connectivity index is 1.42. The summed E-state index contributed by atoms with van der Waals surface area (Å²) in [5, 5.41) is 0.200. The number of methoxy groups -OCH3 is 2. The molecule has 0 unspecified atom stereocenters. The van der Waals surface area contributed by atoms with Crippen molar-refractivity contribution in [3.63, 3.8) is 0 Å². The van der Waals surface area contributed by atoms with E-state index in [0.717, 1.165) is 11.1 Å². The molecule has 0 N–H and O–H groups in total. The molecule has 0 radical (unpaired) electrons. The summed E-state index contributed by atoms with van der Waals surface area (Å²) in [6.07, 6.45) is 1.34. The van der Waals surface area contributed by atoms with Crippen LogP contribution in [0.5, 0.6) is 23.0 Å². The predicted molar refractivity (Wildman–Crippen MR) is 125 cm³/mol. The molecule has 0 bridgehead atoms. The van der Waals surface area contributed by atoms with E-state index in [1.165, 1.54) is 18.2 Å². The van der Waals surface area contributed by atoms with Gasteiger partial charge in [-0.05, 0) is 48.0 Å². The number of ether oxygens (including phenoxy) is 4. The number of allylic oxidation sites excluding steroid dienone is 1. The van der Waals surface area contributed by atoms with E-state index in [2.05, 4.69) is 4.90 Å². The highest BCUT2D eigenvalue weighted by Crippen LogP contribution is 2.42. The molecule has 2 aliphatic heterocycles. The molecule has 0 aromatic heterocycles. The van der Waals surface area contributed by atoms with E-state index in [1.807, 2.05) is 18.2 Å². The highest BCUT2D eigenvalue weighted by atomic mass is 35.5. The number of halogens is 2. The second-order valence-corrected chi connectivity index (χ2v) is 8.35. The third kappa shape index (κ3) is 3.97. The SMILES string of the molecule is COc1ccc(CN2COc3ccc4c(c3C2)O/C(=C\c2c(F)cccc2Cl)C4=O)cc1OC. The van der Waals surface area contributed by atoms with E-state index in [0.29, 0.717) is 48.4 Å². The Morgan fingerprint density at radius 2 is 1.94 bits per heavy atom. The van der Waals surface area contributed by atoms with Crippen LogP contribution in [-0.4, -0.2) is 31.6 Å². The minimum absolute atomic E-state index is 0.0208. The van der Waals surface area contributed by atoms with Crippen LogP contribution in [0.4, 0.5) is 4.39 Å². The number of carbonyl (C=O) groups is 1. The first-order valence-electron chi connectivity index (χ1n) is 10.6. The Morgan fingerprint density at radius 1 is 1.12 bits per heavy atom. The average Bonchev–Trinajstić information content (AvgIpc) is 3.17. The monoisotopic (exact) mass is 481 g/mol. The van der Waals surface area contributed by atoms with E-state index in [1.54, 1.807) is 32.4 Å². The fraction of sp³-hybridized carbons (Fsp3) is 0.192. The number of benzene rings is 3. The van der Waals surface area contributed by atoms with Crippen LogP contribution in [0.3, 0.4) is 0 Å². The van der Waals surface area contributed by atoms with Gasteiger partial charge in [0, 0.05) is 18.7 Å². The molecular formula is C26H21ClFNO5. The lowest BCUT2D eigenvalue weighted by molar-refractivity contribution is 0.0872. The summed E-state index contributed by atoms with van der Waals surface area (Å²) in [5.74, 6) is 1.55. The van der Waals surface area contributed by atoms with Crippen LogP contribution in [0.15, 0.2) is 54.3 Å². The van der Waals surface area contributed by atoms with Gasteiger partial charge in [-0.2, -0.15) is 0 Å². The topological polar surface area (TPSA) is 57.2 Å². The number of fused-ring (bicyclic) bond motifs is 3. The van der Waals surface area contributed by atoms with Gasteiger partial charge < -0.3 is 18.9 Å². The Morgan fingerprint density at radius 3 is 2.71 bits per heavy atom. The zero-order valence-corrected chi connectivity index (χ0v) is 19.3. The Hall–Kier alpha value is -3.55. The average molecular weight is 482 g/mol. The molecule has 0 fully saturated rings. The quantitative estimate of drug-likeness (QED) is 0.451. The number of hydrogen-bond acceptors (Lipinski definition) is 6. The van der Waals surface area contributed by atoms with Crippen LogP contribution < -0.4 is 18.9 Å². The molecule has 3 aromatic carbocycles. The van der Waals surface area contributed by atoms with Crippen molar-refractivity contribution in [2.24, 2.45) is 0 Å². The second-order valence-electron chi connectivity index (χ2n) is 7.94. The zero-order valence-electron chi connectivity index (χ0n) is 18.6. The first kappa shape index (κ1) is 22.3. The van der Waals surface area contributed by atoms with Crippen LogP contribution in [0.2, 0.25) is 5.02 Å². The van der Waals surface area contributed by atoms with Crippen LogP contribution >= 0.6 is 11.6 Å². The number of rotatable bonds is 5. The maximum Gasteiger partial charge on any atom is 0.231 e. The zero-order chi connectivity index (χ0) is 23.8. The summed E-state index contributed by atoms with van der Waals surface area (Å²) in [5.41, 5.74) is 2.30. The summed E-state index contributed by atoms with van der Waals surface area (Å²) in [4.78, 5) is 15.1. The number of Topliss-reactive ketones (excluding diaryl/α,β-unsaturated/α-hetero) is 1. The fourth-order valence-corrected chi connectivity index (χ4v) is 4.34. The Bertz CT molecular complexity index is 1300. The van der Waals surface area contributed by atoms with Crippen LogP contribution in [0.1, 0.15) is 27.0 Å². The van der Waals surface area contributed by atoms with Gasteiger partial charge in [0.25, 0.3) is 0 Å². The van der Waals surface area contributed by atoms with E-state index < -0.39 is 5.82 Å².